The number of aromatic nitrogens is 4. The summed E-state index contributed by atoms with van der Waals surface area (Å²) in [6, 6.07) is 11.1. The Hall–Kier alpha value is -4.40. The molecular weight excluding hydrogens is 661 g/mol. The largest absolute Gasteiger partial charge is 0.480 e. The minimum Gasteiger partial charge on any atom is -0.480 e. The van der Waals surface area contributed by atoms with Crippen LogP contribution in [0.4, 0.5) is 0 Å². The fraction of sp³-hybridized carbons (Fsp3) is 0.333. The zero-order valence-electron chi connectivity index (χ0n) is 26.5. The number of methoxy groups -OCH3 is 2. The molecule has 0 unspecified atom stereocenters. The van der Waals surface area contributed by atoms with Crippen LogP contribution in [0.15, 0.2) is 48.8 Å². The minimum absolute atomic E-state index is 0.0126. The lowest BCUT2D eigenvalue weighted by Crippen LogP contribution is -2.52. The smallest absolute Gasteiger partial charge is 0.326 e. The Balaban J connectivity index is 1.39. The summed E-state index contributed by atoms with van der Waals surface area (Å²) >= 11 is 14.0. The van der Waals surface area contributed by atoms with Crippen LogP contribution in [0.25, 0.3) is 33.6 Å². The average Bonchev–Trinajstić information content (AvgIpc) is 3.52. The van der Waals surface area contributed by atoms with Crippen molar-refractivity contribution in [2.24, 2.45) is 0 Å². The zero-order valence-corrected chi connectivity index (χ0v) is 28.0. The maximum absolute atomic E-state index is 11.6. The first-order valence-electron chi connectivity index (χ1n) is 15.1. The topological polar surface area (TPSA) is 181 Å². The van der Waals surface area contributed by atoms with Crippen LogP contribution in [0.1, 0.15) is 31.2 Å². The molecule has 1 saturated heterocycles. The third kappa shape index (κ3) is 7.50. The van der Waals surface area contributed by atoms with Gasteiger partial charge in [0.2, 0.25) is 17.7 Å². The monoisotopic (exact) mass is 695 g/mol. The number of hydrogen-bond acceptors (Lipinski definition) is 11. The Morgan fingerprint density at radius 3 is 1.92 bits per heavy atom. The number of aliphatic hydroxyl groups excluding tert-OH is 1. The third-order valence-electron chi connectivity index (χ3n) is 8.05. The molecule has 4 aromatic rings. The maximum Gasteiger partial charge on any atom is 0.326 e. The second kappa shape index (κ2) is 15.2. The SMILES string of the molecule is COc1nc(-c2cccc(-c3cccc(-c4cnc(CN[C@@](C)(CO)C(=O)O)c(OC)n4)c3Cl)c2Cl)cnc1CNC[C@@H]1CCC(=O)N1. The Kier molecular flexibility index (Phi) is 11.1. The highest BCUT2D eigenvalue weighted by Crippen LogP contribution is 2.42. The van der Waals surface area contributed by atoms with Crippen molar-refractivity contribution in [1.82, 2.24) is 35.9 Å². The molecule has 15 heteroatoms. The van der Waals surface area contributed by atoms with Gasteiger partial charge in [0.05, 0.1) is 54.7 Å². The van der Waals surface area contributed by atoms with Crippen molar-refractivity contribution in [1.29, 1.82) is 0 Å². The summed E-state index contributed by atoms with van der Waals surface area (Å²) < 4.78 is 11.0. The molecule has 1 fully saturated rings. The molecule has 0 bridgehead atoms. The summed E-state index contributed by atoms with van der Waals surface area (Å²) in [6.45, 7) is 1.76. The number of aliphatic carboxylic acids is 1. The van der Waals surface area contributed by atoms with Crippen LogP contribution >= 0.6 is 23.2 Å². The van der Waals surface area contributed by atoms with Crippen molar-refractivity contribution in [3.05, 3.63) is 70.2 Å². The summed E-state index contributed by atoms with van der Waals surface area (Å²) in [6.07, 6.45) is 4.49. The molecule has 48 heavy (non-hydrogen) atoms. The molecule has 0 aliphatic carbocycles. The zero-order chi connectivity index (χ0) is 34.4. The molecule has 13 nitrogen and oxygen atoms in total. The van der Waals surface area contributed by atoms with E-state index in [9.17, 15) is 19.8 Å². The standard InChI is InChI=1S/C33H35Cl2N7O6/c1-33(17-43,32(45)46)39-16-26-31(48-3)42-24(15-38-26)22-9-5-7-20(29(22)35)19-6-4-8-21(28(19)34)23-14-37-25(30(41-23)47-2)13-36-12-18-10-11-27(44)40-18/h4-9,14-15,18,36,39,43H,10-13,16-17H2,1-3H3,(H,40,44)(H,45,46)/t18-,33-/m0/s1. The van der Waals surface area contributed by atoms with Gasteiger partial charge in [-0.1, -0.05) is 59.6 Å². The molecule has 0 spiro atoms. The number of carbonyl (C=O) groups is 2. The number of nitrogens with one attached hydrogen (secondary N) is 3. The molecule has 5 N–H and O–H groups in total. The van der Waals surface area contributed by atoms with E-state index in [-0.39, 0.29) is 24.4 Å². The van der Waals surface area contributed by atoms with Crippen molar-refractivity contribution >= 4 is 35.1 Å². The van der Waals surface area contributed by atoms with E-state index in [1.807, 2.05) is 30.3 Å². The lowest BCUT2D eigenvalue weighted by atomic mass is 9.98. The molecule has 1 aliphatic rings. The number of carbonyl (C=O) groups excluding carboxylic acids is 1. The number of nitrogens with zero attached hydrogens (tertiary/aromatic N) is 4. The summed E-state index contributed by atoms with van der Waals surface area (Å²) in [5, 5.41) is 28.8. The van der Waals surface area contributed by atoms with Crippen LogP contribution < -0.4 is 25.4 Å². The molecule has 1 aliphatic heterocycles. The first-order valence-corrected chi connectivity index (χ1v) is 15.8. The van der Waals surface area contributed by atoms with Crippen LogP contribution in [0.2, 0.25) is 10.0 Å². The second-order valence-electron chi connectivity index (χ2n) is 11.3. The molecule has 5 rings (SSSR count). The summed E-state index contributed by atoms with van der Waals surface area (Å²) in [5.41, 5.74) is 2.85. The van der Waals surface area contributed by atoms with E-state index in [0.717, 1.165) is 6.42 Å². The van der Waals surface area contributed by atoms with Gasteiger partial charge in [-0.2, -0.15) is 0 Å². The van der Waals surface area contributed by atoms with Gasteiger partial charge in [0, 0.05) is 54.4 Å². The maximum atomic E-state index is 11.6. The lowest BCUT2D eigenvalue weighted by molar-refractivity contribution is -0.146. The molecule has 252 valence electrons. The number of hydrogen-bond donors (Lipinski definition) is 5. The van der Waals surface area contributed by atoms with E-state index in [0.29, 0.717) is 80.5 Å². The van der Waals surface area contributed by atoms with E-state index in [1.165, 1.54) is 27.3 Å². The van der Waals surface area contributed by atoms with Gasteiger partial charge in [-0.3, -0.25) is 24.9 Å². The van der Waals surface area contributed by atoms with Gasteiger partial charge >= 0.3 is 5.97 Å². The number of aliphatic hydroxyl groups is 1. The number of carboxylic acid groups (broad SMARTS) is 1. The van der Waals surface area contributed by atoms with Crippen molar-refractivity contribution in [2.75, 3.05) is 27.4 Å². The molecule has 2 aromatic carbocycles. The van der Waals surface area contributed by atoms with E-state index < -0.39 is 18.1 Å². The highest BCUT2D eigenvalue weighted by molar-refractivity contribution is 6.39. The fourth-order valence-electron chi connectivity index (χ4n) is 5.17. The van der Waals surface area contributed by atoms with E-state index in [1.54, 1.807) is 12.3 Å². The summed E-state index contributed by atoms with van der Waals surface area (Å²) in [4.78, 5) is 41.3. The molecule has 2 atom stereocenters. The van der Waals surface area contributed by atoms with Crippen molar-refractivity contribution in [2.45, 2.75) is 44.4 Å². The van der Waals surface area contributed by atoms with Gasteiger partial charge in [-0.25, -0.2) is 9.97 Å². The Bertz CT molecular complexity index is 1830. The molecule has 0 saturated carbocycles. The van der Waals surface area contributed by atoms with Crippen LogP contribution in [0.3, 0.4) is 0 Å². The predicted octanol–water partition coefficient (Wildman–Crippen LogP) is 3.89. The van der Waals surface area contributed by atoms with Crippen LogP contribution in [0.5, 0.6) is 11.8 Å². The van der Waals surface area contributed by atoms with Crippen molar-refractivity contribution in [3.8, 4) is 45.4 Å². The van der Waals surface area contributed by atoms with Gasteiger partial charge in [0.1, 0.15) is 16.9 Å². The lowest BCUT2D eigenvalue weighted by Gasteiger charge is -2.23. The van der Waals surface area contributed by atoms with Gasteiger partial charge in [0.25, 0.3) is 0 Å². The number of rotatable bonds is 14. The Morgan fingerprint density at radius 1 is 0.938 bits per heavy atom. The van der Waals surface area contributed by atoms with Crippen molar-refractivity contribution in [3.63, 3.8) is 0 Å². The number of benzene rings is 2. The number of carboxylic acids is 1. The molecule has 1 amide bonds. The van der Waals surface area contributed by atoms with Gasteiger partial charge in [-0.05, 0) is 13.3 Å². The van der Waals surface area contributed by atoms with E-state index >= 15 is 0 Å². The third-order valence-corrected chi connectivity index (χ3v) is 8.87. The first-order chi connectivity index (χ1) is 23.1. The fourth-order valence-corrected chi connectivity index (χ4v) is 5.82. The Labute approximate surface area is 287 Å². The van der Waals surface area contributed by atoms with E-state index in [2.05, 4.69) is 35.9 Å². The van der Waals surface area contributed by atoms with Gasteiger partial charge in [0.15, 0.2) is 0 Å². The minimum atomic E-state index is -1.57. The van der Waals surface area contributed by atoms with Crippen LogP contribution in [-0.4, -0.2) is 81.0 Å². The molecular formula is C33H35Cl2N7O6. The summed E-state index contributed by atoms with van der Waals surface area (Å²) in [5.74, 6) is -0.616. The van der Waals surface area contributed by atoms with Gasteiger partial charge in [-0.15, -0.1) is 0 Å². The predicted molar refractivity (Wildman–Crippen MR) is 180 cm³/mol. The van der Waals surface area contributed by atoms with Gasteiger partial charge < -0.3 is 30.3 Å². The van der Waals surface area contributed by atoms with E-state index in [4.69, 9.17) is 32.7 Å². The highest BCUT2D eigenvalue weighted by atomic mass is 35.5. The van der Waals surface area contributed by atoms with Crippen LogP contribution in [0, 0.1) is 0 Å². The molecule has 2 aromatic heterocycles. The molecule has 0 radical (unpaired) electrons. The first kappa shape index (κ1) is 34.9. The number of ether oxygens (including phenoxy) is 2. The normalized spacial score (nSPS) is 15.5. The number of halogens is 2. The van der Waals surface area contributed by atoms with Crippen LogP contribution in [-0.2, 0) is 22.7 Å². The summed E-state index contributed by atoms with van der Waals surface area (Å²) in [7, 11) is 2.96. The Morgan fingerprint density at radius 2 is 1.46 bits per heavy atom. The molecule has 3 heterocycles. The quantitative estimate of drug-likeness (QED) is 0.129. The average molecular weight is 697 g/mol. The highest BCUT2D eigenvalue weighted by Gasteiger charge is 2.32. The number of amides is 1. The second-order valence-corrected chi connectivity index (χ2v) is 12.1. The van der Waals surface area contributed by atoms with Crippen molar-refractivity contribution < 1.29 is 29.3 Å².